The second kappa shape index (κ2) is 2.96. The smallest absolute Gasteiger partial charge is 0.334 e. The van der Waals surface area contributed by atoms with Crippen molar-refractivity contribution in [2.75, 3.05) is 6.61 Å². The van der Waals surface area contributed by atoms with Crippen LogP contribution in [0.1, 0.15) is 0 Å². The average molecular weight is 189 g/mol. The summed E-state index contributed by atoms with van der Waals surface area (Å²) in [6.45, 7) is -0.953. The number of carbonyl (C=O) groups is 1. The Kier molecular flexibility index (Phi) is 2.89. The summed E-state index contributed by atoms with van der Waals surface area (Å²) in [5, 5.41) is 0. The zero-order valence-electron chi connectivity index (χ0n) is 3.73. The molecule has 0 aromatic rings. The molecule has 0 aliphatic rings. The van der Waals surface area contributed by atoms with Crippen LogP contribution >= 0.6 is 15.9 Å². The average Bonchev–Trinajstić information content (AvgIpc) is 1.59. The highest BCUT2D eigenvalue weighted by Crippen LogP contribution is 2.20. The minimum absolute atomic E-state index is 0.0326. The lowest BCUT2D eigenvalue weighted by Gasteiger charge is -2.03. The molecule has 0 aromatic heterocycles. The van der Waals surface area contributed by atoms with Crippen LogP contribution in [0.15, 0.2) is 0 Å². The molecular formula is C3H3BrF2O2. The highest BCUT2D eigenvalue weighted by atomic mass is 79.9. The lowest BCUT2D eigenvalue weighted by Crippen LogP contribution is -2.13. The number of alkyl halides is 3. The van der Waals surface area contributed by atoms with Gasteiger partial charge in [-0.2, -0.15) is 8.78 Å². The van der Waals surface area contributed by atoms with Gasteiger partial charge in [0.15, 0.2) is 6.61 Å². The third-order valence-corrected chi connectivity index (χ3v) is 0.544. The van der Waals surface area contributed by atoms with Gasteiger partial charge in [0.2, 0.25) is 0 Å². The first-order chi connectivity index (χ1) is 3.56. The highest BCUT2D eigenvalue weighted by Gasteiger charge is 2.24. The van der Waals surface area contributed by atoms with Crippen LogP contribution in [0.25, 0.3) is 0 Å². The van der Waals surface area contributed by atoms with E-state index in [-0.39, 0.29) is 6.47 Å². The summed E-state index contributed by atoms with van der Waals surface area (Å²) in [4.78, 5) is 6.19. The standard InChI is InChI=1S/C3H3BrF2O2/c4-3(5,6)1-8-2-7/h2H,1H2. The molecule has 0 aliphatic heterocycles. The van der Waals surface area contributed by atoms with Crippen LogP contribution in [0.3, 0.4) is 0 Å². The number of carbonyl (C=O) groups excluding carboxylic acids is 1. The first-order valence-electron chi connectivity index (χ1n) is 1.68. The second-order valence-corrected chi connectivity index (χ2v) is 2.18. The minimum Gasteiger partial charge on any atom is -0.460 e. The van der Waals surface area contributed by atoms with Crippen molar-refractivity contribution in [3.8, 4) is 0 Å². The van der Waals surface area contributed by atoms with Crippen molar-refractivity contribution in [2.24, 2.45) is 0 Å². The maximum absolute atomic E-state index is 11.5. The number of rotatable bonds is 3. The lowest BCUT2D eigenvalue weighted by molar-refractivity contribution is -0.133. The zero-order valence-corrected chi connectivity index (χ0v) is 5.32. The molecule has 0 saturated carbocycles. The molecule has 0 spiro atoms. The summed E-state index contributed by atoms with van der Waals surface area (Å²) in [6.07, 6.45) is 0. The number of ether oxygens (including phenoxy) is 1. The fraction of sp³-hybridized carbons (Fsp3) is 0.667. The Bertz CT molecular complexity index is 79.8. The summed E-state index contributed by atoms with van der Waals surface area (Å²) in [5.41, 5.74) is 0. The van der Waals surface area contributed by atoms with Gasteiger partial charge in [-0.25, -0.2) is 0 Å². The predicted molar refractivity (Wildman–Crippen MR) is 25.9 cm³/mol. The summed E-state index contributed by atoms with van der Waals surface area (Å²) in [7, 11) is 0. The Morgan fingerprint density at radius 2 is 2.25 bits per heavy atom. The van der Waals surface area contributed by atoms with Crippen LogP contribution in [0.2, 0.25) is 0 Å². The molecule has 0 amide bonds. The third kappa shape index (κ3) is 5.81. The summed E-state index contributed by atoms with van der Waals surface area (Å²) >= 11 is 1.96. The summed E-state index contributed by atoms with van der Waals surface area (Å²) < 4.78 is 26.8. The van der Waals surface area contributed by atoms with Crippen LogP contribution in [0.4, 0.5) is 8.78 Å². The van der Waals surface area contributed by atoms with E-state index in [2.05, 4.69) is 4.74 Å². The molecular weight excluding hydrogens is 186 g/mol. The lowest BCUT2D eigenvalue weighted by atomic mass is 10.8. The van der Waals surface area contributed by atoms with Crippen molar-refractivity contribution >= 4 is 22.4 Å². The van der Waals surface area contributed by atoms with Gasteiger partial charge in [-0.3, -0.25) is 4.79 Å². The van der Waals surface area contributed by atoms with Crippen molar-refractivity contribution in [3.05, 3.63) is 0 Å². The van der Waals surface area contributed by atoms with E-state index in [9.17, 15) is 13.6 Å². The van der Waals surface area contributed by atoms with Gasteiger partial charge in [0.05, 0.1) is 0 Å². The largest absolute Gasteiger partial charge is 0.460 e. The topological polar surface area (TPSA) is 26.3 Å². The van der Waals surface area contributed by atoms with Crippen molar-refractivity contribution in [1.29, 1.82) is 0 Å². The molecule has 0 aromatic carbocycles. The van der Waals surface area contributed by atoms with Crippen LogP contribution in [-0.4, -0.2) is 17.9 Å². The molecule has 0 bridgehead atoms. The molecule has 2 nitrogen and oxygen atoms in total. The van der Waals surface area contributed by atoms with E-state index in [1.54, 1.807) is 0 Å². The fourth-order valence-electron chi connectivity index (χ4n) is 0.129. The number of hydrogen-bond donors (Lipinski definition) is 0. The van der Waals surface area contributed by atoms with Crippen molar-refractivity contribution in [3.63, 3.8) is 0 Å². The van der Waals surface area contributed by atoms with Gasteiger partial charge in [0.1, 0.15) is 0 Å². The molecule has 0 heterocycles. The van der Waals surface area contributed by atoms with Crippen molar-refractivity contribution in [2.45, 2.75) is 4.83 Å². The van der Waals surface area contributed by atoms with E-state index >= 15 is 0 Å². The van der Waals surface area contributed by atoms with Crippen LogP contribution in [-0.2, 0) is 9.53 Å². The third-order valence-electron chi connectivity index (χ3n) is 0.315. The first kappa shape index (κ1) is 7.81. The van der Waals surface area contributed by atoms with Gasteiger partial charge >= 0.3 is 4.83 Å². The van der Waals surface area contributed by atoms with E-state index in [0.717, 1.165) is 0 Å². The Hall–Kier alpha value is -0.190. The Morgan fingerprint density at radius 3 is 2.38 bits per heavy atom. The van der Waals surface area contributed by atoms with Crippen molar-refractivity contribution in [1.82, 2.24) is 0 Å². The second-order valence-electron chi connectivity index (χ2n) is 1.02. The fourth-order valence-corrected chi connectivity index (χ4v) is 0.261. The molecule has 8 heavy (non-hydrogen) atoms. The van der Waals surface area contributed by atoms with Gasteiger partial charge in [0.25, 0.3) is 6.47 Å². The molecule has 0 fully saturated rings. The van der Waals surface area contributed by atoms with E-state index < -0.39 is 11.4 Å². The van der Waals surface area contributed by atoms with Gasteiger partial charge in [-0.15, -0.1) is 0 Å². The zero-order chi connectivity index (χ0) is 6.62. The van der Waals surface area contributed by atoms with Crippen molar-refractivity contribution < 1.29 is 18.3 Å². The van der Waals surface area contributed by atoms with Crippen LogP contribution < -0.4 is 0 Å². The SMILES string of the molecule is O=COCC(F)(F)Br. The number of hydrogen-bond acceptors (Lipinski definition) is 2. The molecule has 0 atom stereocenters. The van der Waals surface area contributed by atoms with Crippen LogP contribution in [0, 0.1) is 0 Å². The predicted octanol–water partition coefficient (Wildman–Crippen LogP) is 1.15. The summed E-state index contributed by atoms with van der Waals surface area (Å²) in [5.74, 6) is 0. The maximum Gasteiger partial charge on any atom is 0.334 e. The molecule has 5 heteroatoms. The minimum atomic E-state index is -3.09. The first-order valence-corrected chi connectivity index (χ1v) is 2.47. The Morgan fingerprint density at radius 1 is 1.75 bits per heavy atom. The molecule has 0 unspecified atom stereocenters. The van der Waals surface area contributed by atoms with E-state index in [1.807, 2.05) is 15.9 Å². The molecule has 0 saturated heterocycles. The monoisotopic (exact) mass is 188 g/mol. The van der Waals surface area contributed by atoms with Gasteiger partial charge < -0.3 is 4.74 Å². The van der Waals surface area contributed by atoms with Gasteiger partial charge in [-0.1, -0.05) is 0 Å². The number of halogens is 3. The highest BCUT2D eigenvalue weighted by molar-refractivity contribution is 9.10. The maximum atomic E-state index is 11.5. The Labute approximate surface area is 52.9 Å². The molecule has 0 rings (SSSR count). The molecule has 0 radical (unpaired) electrons. The van der Waals surface area contributed by atoms with Gasteiger partial charge in [-0.05, 0) is 15.9 Å². The quantitative estimate of drug-likeness (QED) is 0.491. The Balaban J connectivity index is 3.24. The molecule has 0 N–H and O–H groups in total. The van der Waals surface area contributed by atoms with Crippen LogP contribution in [0.5, 0.6) is 0 Å². The van der Waals surface area contributed by atoms with E-state index in [1.165, 1.54) is 0 Å². The van der Waals surface area contributed by atoms with E-state index in [0.29, 0.717) is 0 Å². The van der Waals surface area contributed by atoms with Gasteiger partial charge in [0, 0.05) is 0 Å². The van der Waals surface area contributed by atoms with E-state index in [4.69, 9.17) is 0 Å². The summed E-state index contributed by atoms with van der Waals surface area (Å²) in [6, 6.07) is 0. The molecule has 0 aliphatic carbocycles. The normalized spacial score (nSPS) is 10.9. The molecule has 48 valence electrons.